The highest BCUT2D eigenvalue weighted by Crippen LogP contribution is 2.37. The molecule has 0 aromatic heterocycles. The van der Waals surface area contributed by atoms with E-state index in [2.05, 4.69) is 41.2 Å². The van der Waals surface area contributed by atoms with Crippen molar-refractivity contribution in [2.45, 2.75) is 466 Å². The first kappa shape index (κ1) is 128. The summed E-state index contributed by atoms with van der Waals surface area (Å²) in [6, 6.07) is -7.59. The number of hydrogen-bond donors (Lipinski definition) is 36. The van der Waals surface area contributed by atoms with Gasteiger partial charge in [0, 0.05) is 19.3 Å². The molecule has 7 aliphatic heterocycles. The molecule has 7 saturated heterocycles. The molecule has 48 nitrogen and oxygen atoms in total. The van der Waals surface area contributed by atoms with Gasteiger partial charge in [-0.2, -0.15) is 0 Å². The van der Waals surface area contributed by atoms with Gasteiger partial charge in [0.2, 0.25) is 17.7 Å². The van der Waals surface area contributed by atoms with Crippen LogP contribution >= 0.6 is 7.82 Å². The number of unbranched alkanes of at least 4 members (excludes halogenated alkanes) is 30. The zero-order valence-corrected chi connectivity index (χ0v) is 78.1. The van der Waals surface area contributed by atoms with Crippen LogP contribution in [0.15, 0.2) is 0 Å². The summed E-state index contributed by atoms with van der Waals surface area (Å²) in [4.78, 5) is 52.8. The Balaban J connectivity index is 0.000000798. The summed E-state index contributed by atoms with van der Waals surface area (Å²) in [6.45, 7) is 3.03. The van der Waals surface area contributed by atoms with Crippen LogP contribution in [0.2, 0.25) is 0 Å². The number of nitrogens with one attached hydrogen (secondary N) is 3. The van der Waals surface area contributed by atoms with E-state index in [0.29, 0.717) is 19.3 Å². The number of carbonyl (C=O) groups is 3. The van der Waals surface area contributed by atoms with Gasteiger partial charge in [-0.1, -0.05) is 213 Å². The minimum atomic E-state index is -4.70. The number of ether oxygens (including phenoxy) is 7. The van der Waals surface area contributed by atoms with Crippen molar-refractivity contribution in [3.05, 3.63) is 0 Å². The fourth-order valence-electron chi connectivity index (χ4n) is 15.0. The predicted molar refractivity (Wildman–Crippen MR) is 472 cm³/mol. The second-order valence-electron chi connectivity index (χ2n) is 34.7. The molecular formula is C84H170N7O41P. The molecular weight excluding hydrogens is 1790 g/mol. The lowest BCUT2D eigenvalue weighted by atomic mass is 9.97. The van der Waals surface area contributed by atoms with Gasteiger partial charge in [0.05, 0.1) is 70.4 Å². The van der Waals surface area contributed by atoms with Crippen molar-refractivity contribution in [2.24, 2.45) is 22.9 Å². The molecule has 3 amide bonds. The second-order valence-corrected chi connectivity index (χ2v) is 35.9. The molecule has 0 radical (unpaired) electrons. The lowest BCUT2D eigenvalue weighted by molar-refractivity contribution is -0.253. The molecule has 7 aliphatic rings. The number of nitrogens with two attached hydrogens (primary N) is 4. The highest BCUT2D eigenvalue weighted by atomic mass is 31.2. The van der Waals surface area contributed by atoms with Crippen LogP contribution < -0.4 is 38.9 Å². The van der Waals surface area contributed by atoms with E-state index in [1.807, 2.05) is 0 Å². The van der Waals surface area contributed by atoms with Gasteiger partial charge in [0.15, 0.2) is 44.0 Å². The molecule has 0 bridgehead atoms. The molecule has 133 heavy (non-hydrogen) atoms. The van der Waals surface area contributed by atoms with E-state index < -0.39 is 269 Å². The molecule has 49 heteroatoms. The van der Waals surface area contributed by atoms with Gasteiger partial charge in [-0.05, 0) is 19.3 Å². The number of phosphoric acid groups is 1. The Bertz CT molecular complexity index is 2870. The maximum Gasteiger partial charge on any atom is 0.469 e. The Labute approximate surface area is 778 Å². The first-order chi connectivity index (χ1) is 63.0. The van der Waals surface area contributed by atoms with E-state index in [1.165, 1.54) is 154 Å². The van der Waals surface area contributed by atoms with Crippen molar-refractivity contribution in [2.75, 3.05) is 46.2 Å². The lowest BCUT2D eigenvalue weighted by Gasteiger charge is -2.40. The first-order valence-electron chi connectivity index (χ1n) is 47.1. The number of hydrogen-bond acceptors (Lipinski definition) is 43. The fraction of sp³-hybridized carbons (Fsp3) is 0.964. The Hall–Kier alpha value is -3.00. The maximum absolute atomic E-state index is 12.0. The zero-order chi connectivity index (χ0) is 101. The SMILES string of the molecule is CCCCCCCCCCCC(=O)N[C@H]1C(O)O[C@H](CO)[C@@H](O)[C@@H]1O.CCCCCCCCCCCCCC(=O)N[C@H]1C(O)O[C@H](CO)[C@@H](O)[C@@H]1O.CCCCCCCCCCCCCCCC(=O)N[C@H]1C(O)O[C@H](CO)[C@@H](O)[C@@H]1O.N[C@@H]1C(O)O[C@H](CO)[C@@H](O)[C@@H]1O.N[C@H]1C(O)O[C@H](CO)[C@@H](O)[C@@H]1O.N[C@H]1C(O)O[C@H](CO)[C@H](O)[C@@H]1O.N[C@H]1C(O)O[C@H](COP(=O)(O)O)[C@@H](O)[C@@H]1O. The average Bonchev–Trinajstić information content (AvgIpc) is 0.805. The summed E-state index contributed by atoms with van der Waals surface area (Å²) in [5.41, 5.74) is 21.1. The van der Waals surface area contributed by atoms with E-state index in [-0.39, 0.29) is 17.7 Å². The summed E-state index contributed by atoms with van der Waals surface area (Å²) < 4.78 is 48.4. The minimum Gasteiger partial charge on any atom is -0.394 e. The van der Waals surface area contributed by atoms with Crippen LogP contribution in [0.3, 0.4) is 0 Å². The highest BCUT2D eigenvalue weighted by molar-refractivity contribution is 7.46. The minimum absolute atomic E-state index is 0.283. The van der Waals surface area contributed by atoms with Gasteiger partial charge in [0.25, 0.3) is 0 Å². The molecule has 0 aromatic carbocycles. The molecule has 0 aliphatic carbocycles. The molecule has 40 N–H and O–H groups in total. The number of amides is 3. The van der Waals surface area contributed by atoms with Crippen LogP contribution in [0.1, 0.15) is 252 Å². The number of carbonyl (C=O) groups excluding carboxylic acids is 3. The van der Waals surface area contributed by atoms with E-state index in [9.17, 15) is 111 Å². The van der Waals surface area contributed by atoms with Crippen LogP contribution in [0.5, 0.6) is 0 Å². The molecule has 0 aromatic rings. The quantitative estimate of drug-likeness (QED) is 0.0199. The number of aliphatic hydroxyl groups excluding tert-OH is 27. The van der Waals surface area contributed by atoms with Gasteiger partial charge in [-0.15, -0.1) is 0 Å². The van der Waals surface area contributed by atoms with Gasteiger partial charge in [0.1, 0.15) is 146 Å². The molecule has 7 rings (SSSR count). The highest BCUT2D eigenvalue weighted by Gasteiger charge is 2.50. The topological polar surface area (TPSA) is 869 Å². The fourth-order valence-corrected chi connectivity index (χ4v) is 15.4. The Morgan fingerprint density at radius 2 is 0.406 bits per heavy atom. The van der Waals surface area contributed by atoms with Gasteiger partial charge < -0.3 is 220 Å². The molecule has 0 saturated carbocycles. The first-order valence-corrected chi connectivity index (χ1v) is 48.6. The second kappa shape index (κ2) is 72.3. The van der Waals surface area contributed by atoms with Gasteiger partial charge in [-0.3, -0.25) is 18.9 Å². The molecule has 35 atom stereocenters. The Kier molecular flexibility index (Phi) is 69.6. The number of phosphoric ester groups is 1. The Morgan fingerprint density at radius 1 is 0.248 bits per heavy atom. The molecule has 7 heterocycles. The molecule has 7 fully saturated rings. The molecule has 0 spiro atoms. The van der Waals surface area contributed by atoms with Crippen molar-refractivity contribution in [3.63, 3.8) is 0 Å². The summed E-state index contributed by atoms with van der Waals surface area (Å²) in [6.07, 6.45) is 4.47. The van der Waals surface area contributed by atoms with Crippen molar-refractivity contribution >= 4 is 25.5 Å². The van der Waals surface area contributed by atoms with Crippen molar-refractivity contribution < 1.29 is 204 Å². The van der Waals surface area contributed by atoms with Gasteiger partial charge >= 0.3 is 7.82 Å². The third-order valence-corrected chi connectivity index (χ3v) is 24.2. The molecule has 7 unspecified atom stereocenters. The average molecular weight is 1970 g/mol. The standard InChI is InChI=1S/C22H43NO6.C20H39NO6.C18H35NO6.C6H14NO8P.3C6H13NO5/c1-2-3-4-5-6-7-8-9-10-11-12-13-14-15-18(25)23-19-21(27)20(26)17(16-24)29-22(19)28;1-2-3-4-5-6-7-8-9-10-11-12-13-16(23)21-17-19(25)18(24)15(14-22)27-20(17)26;1-2-3-4-5-6-7-8-9-10-11-14(21)19-15-17(23)16(22)13(12-20)25-18(15)24;7-3-5(9)4(8)2(15-6(3)10)1-14-16(11,12)13;3*7-3-5(10)4(9)2(1-8)12-6(3)11/h17,19-22,24,26-28H,2-16H2,1H3,(H,23,25);15,17-20,22,24-26H,2-14H2,1H3,(H,21,23);13,15-18,20,22-24H,2-12H2,1H3,(H,19,21);2-6,8-10H,1,7H2,(H2,11,12,13);3*2-6,8-11H,1,7H2/t17-,19-,20-,21-,22?;15-,17-,18-,19-,20?;13-,15-,16-,17-,18?;2-,3-,4-,5-,6?;2-,3+,4-,5-,6?;2-,3-,4+,5-,6?;2-,3-,4-,5-,6?/m1111111/s1. The summed E-state index contributed by atoms with van der Waals surface area (Å²) >= 11 is 0. The molecule has 792 valence electrons. The monoisotopic (exact) mass is 1960 g/mol. The van der Waals surface area contributed by atoms with Crippen molar-refractivity contribution in [1.29, 1.82) is 0 Å². The summed E-state index contributed by atoms with van der Waals surface area (Å²) in [5.74, 6) is -0.856. The third kappa shape index (κ3) is 49.0. The van der Waals surface area contributed by atoms with E-state index >= 15 is 0 Å². The maximum atomic E-state index is 12.0. The normalized spacial score (nSPS) is 35.5. The number of aliphatic hydroxyl groups is 27. The van der Waals surface area contributed by atoms with Crippen molar-refractivity contribution in [3.8, 4) is 0 Å². The largest absolute Gasteiger partial charge is 0.469 e. The third-order valence-electron chi connectivity index (χ3n) is 23.7. The lowest BCUT2D eigenvalue weighted by Crippen LogP contribution is -2.64. The van der Waals surface area contributed by atoms with Crippen LogP contribution in [0.25, 0.3) is 0 Å². The van der Waals surface area contributed by atoms with Gasteiger partial charge in [-0.25, -0.2) is 4.57 Å². The summed E-state index contributed by atoms with van der Waals surface area (Å²) in [7, 11) is -4.70. The predicted octanol–water partition coefficient (Wildman–Crippen LogP) is -8.09. The van der Waals surface area contributed by atoms with Crippen LogP contribution in [0, 0.1) is 0 Å². The summed E-state index contributed by atoms with van der Waals surface area (Å²) in [5, 5.41) is 260. The van der Waals surface area contributed by atoms with E-state index in [0.717, 1.165) is 57.8 Å². The number of rotatable bonds is 48. The smallest absolute Gasteiger partial charge is 0.394 e. The zero-order valence-electron chi connectivity index (χ0n) is 77.2. The van der Waals surface area contributed by atoms with Crippen LogP contribution in [-0.4, -0.2) is 426 Å². The van der Waals surface area contributed by atoms with Crippen LogP contribution in [0.4, 0.5) is 0 Å². The van der Waals surface area contributed by atoms with Crippen LogP contribution in [-0.2, 0) is 56.6 Å². The van der Waals surface area contributed by atoms with E-state index in [1.54, 1.807) is 0 Å². The van der Waals surface area contributed by atoms with Crippen molar-refractivity contribution in [1.82, 2.24) is 16.0 Å². The Morgan fingerprint density at radius 3 is 0.586 bits per heavy atom. The van der Waals surface area contributed by atoms with E-state index in [4.69, 9.17) is 112 Å².